The third kappa shape index (κ3) is 6.79. The third-order valence-corrected chi connectivity index (χ3v) is 15.1. The lowest BCUT2D eigenvalue weighted by Gasteiger charge is -2.40. The van der Waals surface area contributed by atoms with Crippen molar-refractivity contribution in [1.82, 2.24) is 0 Å². The number of anilines is 2. The molecule has 0 amide bonds. The number of hydrogen-bond acceptors (Lipinski definition) is 1. The van der Waals surface area contributed by atoms with Crippen molar-refractivity contribution < 1.29 is 0 Å². The summed E-state index contributed by atoms with van der Waals surface area (Å²) in [6, 6.07) is 36.7. The summed E-state index contributed by atoms with van der Waals surface area (Å²) in [5, 5.41) is 9.98. The molecule has 0 heterocycles. The molecular formula is C38H45NP2. The zero-order valence-electron chi connectivity index (χ0n) is 24.9. The molecule has 0 atom stereocenters. The van der Waals surface area contributed by atoms with Gasteiger partial charge < -0.3 is 5.32 Å². The van der Waals surface area contributed by atoms with Crippen molar-refractivity contribution in [2.75, 3.05) is 5.32 Å². The van der Waals surface area contributed by atoms with E-state index in [-0.39, 0.29) is 7.92 Å². The molecule has 1 N–H and O–H groups in total. The SMILES string of the molecule is Cc1ccc(Nc2ccc(C)cc2P(C2CCCCC2)C2CCCCC2)c(P(c2ccccc2)c2ccccc2)c1. The molecule has 1 nitrogen and oxygen atoms in total. The lowest BCUT2D eigenvalue weighted by atomic mass is 9.99. The predicted octanol–water partition coefficient (Wildman–Crippen LogP) is 9.58. The lowest BCUT2D eigenvalue weighted by Crippen LogP contribution is -2.28. The van der Waals surface area contributed by atoms with Crippen LogP contribution in [0.1, 0.15) is 75.3 Å². The first-order valence-corrected chi connectivity index (χ1v) is 18.7. The van der Waals surface area contributed by atoms with Gasteiger partial charge in [-0.2, -0.15) is 0 Å². The second-order valence-electron chi connectivity index (χ2n) is 12.2. The molecule has 0 aliphatic heterocycles. The van der Waals surface area contributed by atoms with Crippen LogP contribution in [0, 0.1) is 13.8 Å². The van der Waals surface area contributed by atoms with E-state index in [4.69, 9.17) is 0 Å². The van der Waals surface area contributed by atoms with Crippen LogP contribution in [-0.2, 0) is 0 Å². The van der Waals surface area contributed by atoms with Crippen LogP contribution in [0.3, 0.4) is 0 Å². The maximum absolute atomic E-state index is 4.11. The van der Waals surface area contributed by atoms with Gasteiger partial charge in [0.05, 0.1) is 0 Å². The number of nitrogens with one attached hydrogen (secondary N) is 1. The number of rotatable bonds is 8. The van der Waals surface area contributed by atoms with Crippen LogP contribution in [0.4, 0.5) is 11.4 Å². The van der Waals surface area contributed by atoms with Gasteiger partial charge in [0.2, 0.25) is 0 Å². The van der Waals surface area contributed by atoms with E-state index in [1.54, 1.807) is 5.30 Å². The Labute approximate surface area is 250 Å². The van der Waals surface area contributed by atoms with Gasteiger partial charge >= 0.3 is 0 Å². The van der Waals surface area contributed by atoms with Crippen molar-refractivity contribution in [2.24, 2.45) is 0 Å². The fourth-order valence-corrected chi connectivity index (χ4v) is 13.5. The molecule has 4 aromatic rings. The van der Waals surface area contributed by atoms with E-state index >= 15 is 0 Å². The van der Waals surface area contributed by atoms with Gasteiger partial charge in [0.1, 0.15) is 0 Å². The van der Waals surface area contributed by atoms with Crippen molar-refractivity contribution in [3.8, 4) is 0 Å². The zero-order valence-corrected chi connectivity index (χ0v) is 26.6. The second kappa shape index (κ2) is 13.7. The smallest absolute Gasteiger partial charge is 0.0469 e. The second-order valence-corrected chi connectivity index (χ2v) is 17.1. The van der Waals surface area contributed by atoms with E-state index in [1.165, 1.54) is 103 Å². The van der Waals surface area contributed by atoms with Crippen molar-refractivity contribution in [1.29, 1.82) is 0 Å². The standard InChI is InChI=1S/C38H45NP2/c1-29-23-25-35(37(27-29)40(31-15-7-3-8-16-31)32-17-9-4-10-18-32)39-36-26-24-30(2)28-38(36)41(33-19-11-5-12-20-33)34-21-13-6-14-22-34/h3-4,7-10,15-18,23-28,33-34,39H,5-6,11-14,19-22H2,1-2H3. The average Bonchev–Trinajstić information content (AvgIpc) is 3.02. The molecule has 0 saturated heterocycles. The molecule has 2 saturated carbocycles. The van der Waals surface area contributed by atoms with Crippen LogP contribution in [0.25, 0.3) is 0 Å². The maximum Gasteiger partial charge on any atom is 0.0469 e. The average molecular weight is 578 g/mol. The molecule has 6 rings (SSSR count). The van der Waals surface area contributed by atoms with Gasteiger partial charge in [-0.25, -0.2) is 0 Å². The predicted molar refractivity (Wildman–Crippen MR) is 185 cm³/mol. The Morgan fingerprint density at radius 1 is 0.512 bits per heavy atom. The molecule has 0 spiro atoms. The Morgan fingerprint density at radius 3 is 1.44 bits per heavy atom. The fraction of sp³-hybridized carbons (Fsp3) is 0.368. The van der Waals surface area contributed by atoms with Crippen molar-refractivity contribution in [3.63, 3.8) is 0 Å². The van der Waals surface area contributed by atoms with Crippen LogP contribution in [0.15, 0.2) is 97.1 Å². The minimum Gasteiger partial charge on any atom is -0.354 e. The minimum absolute atomic E-state index is 0.201. The molecule has 3 heteroatoms. The van der Waals surface area contributed by atoms with Gasteiger partial charge in [-0.3, -0.25) is 0 Å². The van der Waals surface area contributed by atoms with Gasteiger partial charge in [-0.1, -0.05) is 130 Å². The number of hydrogen-bond donors (Lipinski definition) is 1. The van der Waals surface area contributed by atoms with E-state index in [2.05, 4.69) is 116 Å². The summed E-state index contributed by atoms with van der Waals surface area (Å²) >= 11 is 0. The Hall–Kier alpha value is -2.46. The summed E-state index contributed by atoms with van der Waals surface area (Å²) in [7, 11) is -0.893. The molecule has 4 aromatic carbocycles. The molecule has 0 bridgehead atoms. The molecule has 2 aliphatic carbocycles. The normalized spacial score (nSPS) is 16.8. The highest BCUT2D eigenvalue weighted by atomic mass is 31.1. The Bertz CT molecular complexity index is 1350. The van der Waals surface area contributed by atoms with Gasteiger partial charge in [-0.15, -0.1) is 0 Å². The quantitative estimate of drug-likeness (QED) is 0.206. The van der Waals surface area contributed by atoms with Gasteiger partial charge in [0.25, 0.3) is 0 Å². The summed E-state index contributed by atoms with van der Waals surface area (Å²) < 4.78 is 0. The zero-order chi connectivity index (χ0) is 28.0. The van der Waals surface area contributed by atoms with Crippen LogP contribution in [0.5, 0.6) is 0 Å². The fourth-order valence-electron chi connectivity index (χ4n) is 7.03. The highest BCUT2D eigenvalue weighted by Crippen LogP contribution is 2.56. The van der Waals surface area contributed by atoms with E-state index in [0.29, 0.717) is 0 Å². The maximum atomic E-state index is 4.11. The highest BCUT2D eigenvalue weighted by molar-refractivity contribution is 7.80. The largest absolute Gasteiger partial charge is 0.354 e. The topological polar surface area (TPSA) is 12.0 Å². The van der Waals surface area contributed by atoms with Crippen molar-refractivity contribution >= 4 is 48.4 Å². The van der Waals surface area contributed by atoms with E-state index < -0.39 is 7.92 Å². The molecule has 41 heavy (non-hydrogen) atoms. The molecule has 0 radical (unpaired) electrons. The van der Waals surface area contributed by atoms with E-state index in [9.17, 15) is 0 Å². The minimum atomic E-state index is -0.692. The first-order valence-electron chi connectivity index (χ1n) is 15.8. The Kier molecular flexibility index (Phi) is 9.56. The highest BCUT2D eigenvalue weighted by Gasteiger charge is 2.34. The summed E-state index contributed by atoms with van der Waals surface area (Å²) in [6.07, 6.45) is 14.3. The van der Waals surface area contributed by atoms with Gasteiger partial charge in [-0.05, 0) is 93.6 Å². The van der Waals surface area contributed by atoms with E-state index in [1.807, 2.05) is 0 Å². The summed E-state index contributed by atoms with van der Waals surface area (Å²) in [5.74, 6) is 0. The summed E-state index contributed by atoms with van der Waals surface area (Å²) in [4.78, 5) is 0. The van der Waals surface area contributed by atoms with Crippen LogP contribution >= 0.6 is 15.8 Å². The van der Waals surface area contributed by atoms with E-state index in [0.717, 1.165) is 11.3 Å². The van der Waals surface area contributed by atoms with Gasteiger partial charge in [0.15, 0.2) is 0 Å². The molecule has 2 fully saturated rings. The lowest BCUT2D eigenvalue weighted by molar-refractivity contribution is 0.487. The first kappa shape index (κ1) is 28.6. The van der Waals surface area contributed by atoms with Crippen molar-refractivity contribution in [3.05, 3.63) is 108 Å². The third-order valence-electron chi connectivity index (χ3n) is 9.06. The van der Waals surface area contributed by atoms with Crippen LogP contribution in [0.2, 0.25) is 0 Å². The Morgan fingerprint density at radius 2 is 0.951 bits per heavy atom. The van der Waals surface area contributed by atoms with Crippen LogP contribution in [-0.4, -0.2) is 11.3 Å². The molecule has 2 aliphatic rings. The molecule has 0 aromatic heterocycles. The number of aryl methyl sites for hydroxylation is 2. The van der Waals surface area contributed by atoms with Crippen LogP contribution < -0.4 is 26.5 Å². The molecule has 212 valence electrons. The first-order chi connectivity index (χ1) is 20.2. The molecular weight excluding hydrogens is 532 g/mol. The molecule has 0 unspecified atom stereocenters. The monoisotopic (exact) mass is 577 g/mol. The number of benzene rings is 4. The van der Waals surface area contributed by atoms with Crippen molar-refractivity contribution in [2.45, 2.75) is 89.4 Å². The summed E-state index contributed by atoms with van der Waals surface area (Å²) in [6.45, 7) is 4.53. The van der Waals surface area contributed by atoms with Gasteiger partial charge in [0, 0.05) is 22.0 Å². The Balaban J connectivity index is 1.44. The summed E-state index contributed by atoms with van der Waals surface area (Å²) in [5.41, 5.74) is 7.12.